The quantitative estimate of drug-likeness (QED) is 0.876. The third-order valence-corrected chi connectivity index (χ3v) is 3.25. The van der Waals surface area contributed by atoms with Crippen LogP contribution < -0.4 is 0 Å². The van der Waals surface area contributed by atoms with Gasteiger partial charge in [0, 0.05) is 38.7 Å². The first-order valence-electron chi connectivity index (χ1n) is 6.26. The van der Waals surface area contributed by atoms with Gasteiger partial charge in [-0.1, -0.05) is 0 Å². The van der Waals surface area contributed by atoms with Crippen molar-refractivity contribution in [1.82, 2.24) is 9.88 Å². The Morgan fingerprint density at radius 2 is 2.50 bits per heavy atom. The molecule has 0 saturated carbocycles. The molecular formula is C13H20N2O3. The zero-order valence-electron chi connectivity index (χ0n) is 10.9. The van der Waals surface area contributed by atoms with Crippen molar-refractivity contribution < 1.29 is 14.3 Å². The van der Waals surface area contributed by atoms with Crippen molar-refractivity contribution in [2.75, 3.05) is 33.4 Å². The highest BCUT2D eigenvalue weighted by Crippen LogP contribution is 2.14. The molecule has 1 unspecified atom stereocenters. The number of morpholine rings is 1. The van der Waals surface area contributed by atoms with E-state index in [1.807, 2.05) is 17.9 Å². The number of aromatic nitrogens is 1. The van der Waals surface area contributed by atoms with E-state index in [1.165, 1.54) is 0 Å². The molecular weight excluding hydrogens is 232 g/mol. The van der Waals surface area contributed by atoms with Gasteiger partial charge in [-0.3, -0.25) is 4.79 Å². The second-order valence-corrected chi connectivity index (χ2v) is 4.54. The highest BCUT2D eigenvalue weighted by molar-refractivity contribution is 5.95. The van der Waals surface area contributed by atoms with E-state index in [1.54, 1.807) is 13.3 Å². The van der Waals surface area contributed by atoms with Crippen LogP contribution in [0.25, 0.3) is 0 Å². The van der Waals surface area contributed by atoms with Gasteiger partial charge >= 0.3 is 0 Å². The molecule has 18 heavy (non-hydrogen) atoms. The summed E-state index contributed by atoms with van der Waals surface area (Å²) in [5.41, 5.74) is 1.67. The van der Waals surface area contributed by atoms with E-state index < -0.39 is 0 Å². The van der Waals surface area contributed by atoms with E-state index in [4.69, 9.17) is 9.47 Å². The van der Waals surface area contributed by atoms with Gasteiger partial charge in [0.2, 0.25) is 0 Å². The third kappa shape index (κ3) is 2.91. The topological polar surface area (TPSA) is 54.6 Å². The molecule has 0 spiro atoms. The van der Waals surface area contributed by atoms with Crippen molar-refractivity contribution >= 4 is 5.91 Å². The number of hydrogen-bond donors (Lipinski definition) is 1. The maximum absolute atomic E-state index is 12.3. The van der Waals surface area contributed by atoms with Crippen LogP contribution in [-0.4, -0.2) is 55.3 Å². The highest BCUT2D eigenvalue weighted by atomic mass is 16.5. The molecule has 2 rings (SSSR count). The van der Waals surface area contributed by atoms with Crippen LogP contribution in [0.15, 0.2) is 12.3 Å². The van der Waals surface area contributed by atoms with E-state index in [0.29, 0.717) is 26.3 Å². The van der Waals surface area contributed by atoms with Gasteiger partial charge in [0.25, 0.3) is 5.91 Å². The predicted octanol–water partition coefficient (Wildman–Crippen LogP) is 1.20. The SMILES string of the molecule is COCCC1CN(C(=O)c2cc[nH]c2C)CCO1. The number of nitrogens with one attached hydrogen (secondary N) is 1. The van der Waals surface area contributed by atoms with Gasteiger partial charge in [0.05, 0.1) is 18.3 Å². The number of rotatable bonds is 4. The first-order valence-corrected chi connectivity index (χ1v) is 6.26. The largest absolute Gasteiger partial charge is 0.385 e. The standard InChI is InChI=1S/C13H20N2O3/c1-10-12(3-5-14-10)13(16)15-6-8-18-11(9-15)4-7-17-2/h3,5,11,14H,4,6-9H2,1-2H3. The van der Waals surface area contributed by atoms with E-state index in [2.05, 4.69) is 4.98 Å². The summed E-state index contributed by atoms with van der Waals surface area (Å²) in [6, 6.07) is 1.83. The fourth-order valence-corrected chi connectivity index (χ4v) is 2.18. The third-order valence-electron chi connectivity index (χ3n) is 3.25. The van der Waals surface area contributed by atoms with Crippen molar-refractivity contribution in [3.05, 3.63) is 23.5 Å². The van der Waals surface area contributed by atoms with Crippen LogP contribution in [0.5, 0.6) is 0 Å². The lowest BCUT2D eigenvalue weighted by Gasteiger charge is -2.33. The number of aromatic amines is 1. The molecule has 0 bridgehead atoms. The van der Waals surface area contributed by atoms with Crippen molar-refractivity contribution in [1.29, 1.82) is 0 Å². The van der Waals surface area contributed by atoms with Crippen LogP contribution >= 0.6 is 0 Å². The number of hydrogen-bond acceptors (Lipinski definition) is 3. The molecule has 100 valence electrons. The van der Waals surface area contributed by atoms with E-state index in [9.17, 15) is 4.79 Å². The number of carbonyl (C=O) groups excluding carboxylic acids is 1. The lowest BCUT2D eigenvalue weighted by atomic mass is 10.1. The normalized spacial score (nSPS) is 20.1. The molecule has 0 radical (unpaired) electrons. The molecule has 1 saturated heterocycles. The number of carbonyl (C=O) groups is 1. The zero-order valence-corrected chi connectivity index (χ0v) is 10.9. The second kappa shape index (κ2) is 6.02. The molecule has 1 aliphatic rings. The summed E-state index contributed by atoms with van der Waals surface area (Å²) in [6.07, 6.45) is 2.71. The fraction of sp³-hybridized carbons (Fsp3) is 0.615. The first kappa shape index (κ1) is 13.1. The molecule has 1 aromatic rings. The molecule has 0 aromatic carbocycles. The Hall–Kier alpha value is -1.33. The molecule has 5 heteroatoms. The first-order chi connectivity index (χ1) is 8.72. The maximum Gasteiger partial charge on any atom is 0.255 e. The van der Waals surface area contributed by atoms with Gasteiger partial charge in [-0.25, -0.2) is 0 Å². The molecule has 1 N–H and O–H groups in total. The molecule has 1 atom stereocenters. The van der Waals surface area contributed by atoms with E-state index in [0.717, 1.165) is 17.7 Å². The number of methoxy groups -OCH3 is 1. The molecule has 1 amide bonds. The molecule has 1 fully saturated rings. The summed E-state index contributed by atoms with van der Waals surface area (Å²) in [4.78, 5) is 17.2. The zero-order chi connectivity index (χ0) is 13.0. The van der Waals surface area contributed by atoms with Gasteiger partial charge in [0.1, 0.15) is 0 Å². The van der Waals surface area contributed by atoms with Crippen LogP contribution in [0.4, 0.5) is 0 Å². The summed E-state index contributed by atoms with van der Waals surface area (Å²) >= 11 is 0. The number of aryl methyl sites for hydroxylation is 1. The summed E-state index contributed by atoms with van der Waals surface area (Å²) in [7, 11) is 1.68. The van der Waals surface area contributed by atoms with Crippen LogP contribution in [0, 0.1) is 6.92 Å². The number of H-pyrrole nitrogens is 1. The molecule has 1 aromatic heterocycles. The summed E-state index contributed by atoms with van der Waals surface area (Å²) < 4.78 is 10.7. The number of amides is 1. The van der Waals surface area contributed by atoms with Crippen LogP contribution in [0.2, 0.25) is 0 Å². The Morgan fingerprint density at radius 3 is 3.17 bits per heavy atom. The smallest absolute Gasteiger partial charge is 0.255 e. The Labute approximate surface area is 107 Å². The summed E-state index contributed by atoms with van der Waals surface area (Å²) in [6.45, 7) is 4.48. The Morgan fingerprint density at radius 1 is 1.67 bits per heavy atom. The van der Waals surface area contributed by atoms with Crippen molar-refractivity contribution in [2.24, 2.45) is 0 Å². The minimum absolute atomic E-state index is 0.0828. The number of nitrogens with zero attached hydrogens (tertiary/aromatic N) is 1. The van der Waals surface area contributed by atoms with E-state index in [-0.39, 0.29) is 12.0 Å². The minimum atomic E-state index is 0.0828. The average Bonchev–Trinajstić information content (AvgIpc) is 2.82. The molecule has 5 nitrogen and oxygen atoms in total. The molecule has 2 heterocycles. The Bertz CT molecular complexity index is 403. The van der Waals surface area contributed by atoms with Crippen LogP contribution in [-0.2, 0) is 9.47 Å². The summed E-state index contributed by atoms with van der Waals surface area (Å²) in [5, 5.41) is 0. The Kier molecular flexibility index (Phi) is 4.38. The predicted molar refractivity (Wildman–Crippen MR) is 67.7 cm³/mol. The summed E-state index contributed by atoms with van der Waals surface area (Å²) in [5.74, 6) is 0.0828. The van der Waals surface area contributed by atoms with Crippen molar-refractivity contribution in [3.63, 3.8) is 0 Å². The lowest BCUT2D eigenvalue weighted by Crippen LogP contribution is -2.46. The molecule has 1 aliphatic heterocycles. The van der Waals surface area contributed by atoms with Gasteiger partial charge in [0.15, 0.2) is 0 Å². The van der Waals surface area contributed by atoms with Crippen molar-refractivity contribution in [3.8, 4) is 0 Å². The van der Waals surface area contributed by atoms with Gasteiger partial charge < -0.3 is 19.4 Å². The monoisotopic (exact) mass is 252 g/mol. The number of ether oxygens (including phenoxy) is 2. The molecule has 0 aliphatic carbocycles. The van der Waals surface area contributed by atoms with E-state index >= 15 is 0 Å². The Balaban J connectivity index is 1.96. The van der Waals surface area contributed by atoms with Crippen molar-refractivity contribution in [2.45, 2.75) is 19.4 Å². The minimum Gasteiger partial charge on any atom is -0.385 e. The van der Waals surface area contributed by atoms with Gasteiger partial charge in [-0.15, -0.1) is 0 Å². The fourth-order valence-electron chi connectivity index (χ4n) is 2.18. The van der Waals surface area contributed by atoms with Gasteiger partial charge in [-0.2, -0.15) is 0 Å². The van der Waals surface area contributed by atoms with Crippen LogP contribution in [0.1, 0.15) is 22.5 Å². The lowest BCUT2D eigenvalue weighted by molar-refractivity contribution is -0.0333. The average molecular weight is 252 g/mol. The highest BCUT2D eigenvalue weighted by Gasteiger charge is 2.25. The van der Waals surface area contributed by atoms with Gasteiger partial charge in [-0.05, 0) is 19.4 Å². The maximum atomic E-state index is 12.3. The second-order valence-electron chi connectivity index (χ2n) is 4.54. The van der Waals surface area contributed by atoms with Crippen LogP contribution in [0.3, 0.4) is 0 Å².